The van der Waals surface area contributed by atoms with E-state index in [2.05, 4.69) is 268 Å². The normalized spacial score (nSPS) is 11.9. The van der Waals surface area contributed by atoms with Crippen LogP contribution in [0.3, 0.4) is 0 Å². The molecule has 0 unspecified atom stereocenters. The van der Waals surface area contributed by atoms with Crippen molar-refractivity contribution in [3.63, 3.8) is 0 Å². The second-order valence-electron chi connectivity index (χ2n) is 19.6. The molecule has 2 heterocycles. The molecule has 13 aromatic rings. The van der Waals surface area contributed by atoms with Crippen LogP contribution in [0.5, 0.6) is 0 Å². The molecule has 0 N–H and O–H groups in total. The fourth-order valence-electron chi connectivity index (χ4n) is 11.0. The number of anilines is 6. The summed E-state index contributed by atoms with van der Waals surface area (Å²) in [5.74, 6) is 0.649. The number of nitrogens with zero attached hydrogens (tertiary/aromatic N) is 2. The Kier molecular flexibility index (Phi) is 10.5. The van der Waals surface area contributed by atoms with Crippen LogP contribution in [0.2, 0.25) is 0 Å². The van der Waals surface area contributed by atoms with Gasteiger partial charge in [-0.25, -0.2) is 0 Å². The Morgan fingerprint density at radius 2 is 0.681 bits per heavy atom. The molecule has 346 valence electrons. The first kappa shape index (κ1) is 43.2. The lowest BCUT2D eigenvalue weighted by atomic mass is 9.97. The molecule has 2 aromatic heterocycles. The minimum absolute atomic E-state index is 0.325. The van der Waals surface area contributed by atoms with E-state index < -0.39 is 0 Å². The van der Waals surface area contributed by atoms with E-state index in [9.17, 15) is 0 Å². The van der Waals surface area contributed by atoms with Gasteiger partial charge in [-0.2, -0.15) is 0 Å². The first-order valence-electron chi connectivity index (χ1n) is 25.1. The van der Waals surface area contributed by atoms with Gasteiger partial charge in [-0.05, 0) is 141 Å². The molecule has 0 radical (unpaired) electrons. The van der Waals surface area contributed by atoms with Crippen LogP contribution >= 0.6 is 0 Å². The molecule has 0 saturated carbocycles. The summed E-state index contributed by atoms with van der Waals surface area (Å²) in [6.07, 6.45) is 0. The van der Waals surface area contributed by atoms with Crippen molar-refractivity contribution in [1.82, 2.24) is 0 Å². The van der Waals surface area contributed by atoms with E-state index in [4.69, 9.17) is 8.83 Å². The lowest BCUT2D eigenvalue weighted by Crippen LogP contribution is -2.13. The summed E-state index contributed by atoms with van der Waals surface area (Å²) in [5.41, 5.74) is 17.2. The van der Waals surface area contributed by atoms with Crippen LogP contribution in [0.25, 0.3) is 87.7 Å². The minimum Gasteiger partial charge on any atom is -0.452 e. The van der Waals surface area contributed by atoms with Crippen LogP contribution in [0.15, 0.2) is 239 Å². The molecule has 4 nitrogen and oxygen atoms in total. The number of para-hydroxylation sites is 4. The van der Waals surface area contributed by atoms with Gasteiger partial charge in [0.25, 0.3) is 0 Å². The number of furan rings is 2. The van der Waals surface area contributed by atoms with E-state index in [1.54, 1.807) is 0 Å². The molecule has 0 aliphatic rings. The second-order valence-corrected chi connectivity index (χ2v) is 19.6. The largest absolute Gasteiger partial charge is 0.452 e. The summed E-state index contributed by atoms with van der Waals surface area (Å²) in [4.78, 5) is 4.85. The van der Waals surface area contributed by atoms with Gasteiger partial charge >= 0.3 is 0 Å². The van der Waals surface area contributed by atoms with E-state index in [1.165, 1.54) is 44.8 Å². The lowest BCUT2D eigenvalue weighted by molar-refractivity contribution is 0.634. The Bertz CT molecular complexity index is 3910. The Labute approximate surface area is 419 Å². The Morgan fingerprint density at radius 3 is 1.10 bits per heavy atom. The number of rotatable bonds is 10. The number of hydrogen-bond acceptors (Lipinski definition) is 4. The van der Waals surface area contributed by atoms with Gasteiger partial charge in [0.2, 0.25) is 0 Å². The number of hydrogen-bond donors (Lipinski definition) is 0. The summed E-state index contributed by atoms with van der Waals surface area (Å²) in [6.45, 7) is 9.08. The zero-order valence-corrected chi connectivity index (χ0v) is 40.8. The number of fused-ring (bicyclic) bond motifs is 9. The van der Waals surface area contributed by atoms with Crippen LogP contribution in [0.4, 0.5) is 34.1 Å². The minimum atomic E-state index is 0.325. The summed E-state index contributed by atoms with van der Waals surface area (Å²) in [6, 6.07) is 83.4. The summed E-state index contributed by atoms with van der Waals surface area (Å²) in [5, 5.41) is 8.69. The highest BCUT2D eigenvalue weighted by atomic mass is 16.4. The predicted molar refractivity (Wildman–Crippen MR) is 304 cm³/mol. The second kappa shape index (κ2) is 17.5. The summed E-state index contributed by atoms with van der Waals surface area (Å²) >= 11 is 0. The van der Waals surface area contributed by atoms with Crippen molar-refractivity contribution in [2.24, 2.45) is 0 Å². The maximum atomic E-state index is 6.91. The van der Waals surface area contributed by atoms with Crippen molar-refractivity contribution in [3.05, 3.63) is 242 Å². The van der Waals surface area contributed by atoms with Gasteiger partial charge in [-0.3, -0.25) is 0 Å². The lowest BCUT2D eigenvalue weighted by Gasteiger charge is -2.30. The molecule has 0 spiro atoms. The van der Waals surface area contributed by atoms with Crippen molar-refractivity contribution < 1.29 is 8.83 Å². The molecule has 0 amide bonds. The average molecular weight is 929 g/mol. The summed E-state index contributed by atoms with van der Waals surface area (Å²) < 4.78 is 13.8. The van der Waals surface area contributed by atoms with Crippen molar-refractivity contribution in [3.8, 4) is 22.3 Å². The quantitative estimate of drug-likeness (QED) is 0.137. The van der Waals surface area contributed by atoms with Gasteiger partial charge in [0.1, 0.15) is 11.2 Å². The third-order valence-corrected chi connectivity index (χ3v) is 14.5. The summed E-state index contributed by atoms with van der Waals surface area (Å²) in [7, 11) is 0. The van der Waals surface area contributed by atoms with Gasteiger partial charge in [-0.1, -0.05) is 173 Å². The molecule has 0 aliphatic carbocycles. The molecule has 0 bridgehead atoms. The third-order valence-electron chi connectivity index (χ3n) is 14.5. The highest BCUT2D eigenvalue weighted by Crippen LogP contribution is 2.48. The monoisotopic (exact) mass is 928 g/mol. The van der Waals surface area contributed by atoms with E-state index in [-0.39, 0.29) is 0 Å². The molecule has 4 heteroatoms. The van der Waals surface area contributed by atoms with Crippen molar-refractivity contribution in [1.29, 1.82) is 0 Å². The Hall–Kier alpha value is -8.86. The maximum absolute atomic E-state index is 6.91. The molecule has 13 rings (SSSR count). The van der Waals surface area contributed by atoms with Crippen LogP contribution < -0.4 is 9.80 Å². The van der Waals surface area contributed by atoms with E-state index in [0.29, 0.717) is 11.8 Å². The molecular weight excluding hydrogens is 877 g/mol. The van der Waals surface area contributed by atoms with Gasteiger partial charge in [0.15, 0.2) is 11.2 Å². The van der Waals surface area contributed by atoms with Gasteiger partial charge < -0.3 is 18.6 Å². The van der Waals surface area contributed by atoms with Gasteiger partial charge in [0, 0.05) is 55.4 Å². The third kappa shape index (κ3) is 7.29. The van der Waals surface area contributed by atoms with Crippen LogP contribution in [0, 0.1) is 0 Å². The Morgan fingerprint density at radius 1 is 0.306 bits per heavy atom. The first-order valence-corrected chi connectivity index (χ1v) is 25.1. The molecule has 0 aliphatic heterocycles. The Balaban J connectivity index is 0.939. The van der Waals surface area contributed by atoms with Crippen LogP contribution in [0.1, 0.15) is 50.7 Å². The molecular formula is C68H52N2O2. The van der Waals surface area contributed by atoms with Gasteiger partial charge in [-0.15, -0.1) is 0 Å². The van der Waals surface area contributed by atoms with E-state index >= 15 is 0 Å². The fraction of sp³-hybridized carbons (Fsp3) is 0.0882. The smallest absolute Gasteiger partial charge is 0.178 e. The highest BCUT2D eigenvalue weighted by Gasteiger charge is 2.24. The average Bonchev–Trinajstić information content (AvgIpc) is 3.98. The standard InChI is InChI=1S/C68H52N2O2/c1-43(2)53-23-11-15-27-61(53)69(63-29-17-13-25-55(63)45-19-7-5-8-20-45)51-33-31-47-39-59-57-35-36-58-60-40-48-32-34-52(38-50(48)42-66(60)72-68(58)67(57)71-65(59)41-49(47)37-51)70(62-28-16-12-24-54(62)44(3)4)64-30-18-14-26-56(64)46-21-9-6-10-22-46/h5-44H,1-4H3. The SMILES string of the molecule is CC(C)c1ccccc1N(c1ccc2cc3c(cc2c1)oc1c3ccc2c3cc4ccc(N(c5ccccc5-c5ccccc5)c5ccccc5C(C)C)cc4cc3oc21)c1ccccc1-c1ccccc1. The maximum Gasteiger partial charge on any atom is 0.178 e. The van der Waals surface area contributed by atoms with E-state index in [0.717, 1.165) is 88.2 Å². The zero-order chi connectivity index (χ0) is 48.5. The highest BCUT2D eigenvalue weighted by molar-refractivity contribution is 6.21. The van der Waals surface area contributed by atoms with E-state index in [1.807, 2.05) is 0 Å². The molecule has 0 saturated heterocycles. The van der Waals surface area contributed by atoms with Crippen molar-refractivity contribution in [2.45, 2.75) is 39.5 Å². The van der Waals surface area contributed by atoms with Crippen molar-refractivity contribution >= 4 is 99.5 Å². The predicted octanol–water partition coefficient (Wildman–Crippen LogP) is 20.3. The number of benzene rings is 11. The first-order chi connectivity index (χ1) is 35.4. The van der Waals surface area contributed by atoms with Gasteiger partial charge in [0.05, 0.1) is 11.4 Å². The molecule has 0 fully saturated rings. The van der Waals surface area contributed by atoms with Crippen LogP contribution in [-0.4, -0.2) is 0 Å². The molecule has 0 atom stereocenters. The zero-order valence-electron chi connectivity index (χ0n) is 40.8. The molecule has 72 heavy (non-hydrogen) atoms. The topological polar surface area (TPSA) is 32.8 Å². The molecule has 11 aromatic carbocycles. The van der Waals surface area contributed by atoms with Crippen LogP contribution in [-0.2, 0) is 0 Å². The van der Waals surface area contributed by atoms with Crippen molar-refractivity contribution in [2.75, 3.05) is 9.80 Å². The fourth-order valence-corrected chi connectivity index (χ4v) is 11.0.